The number of piperazine rings is 1. The van der Waals surface area contributed by atoms with Crippen molar-refractivity contribution in [2.75, 3.05) is 26.2 Å². The van der Waals surface area contributed by atoms with Gasteiger partial charge in [0.15, 0.2) is 0 Å². The molecule has 2 bridgehead atoms. The predicted octanol–water partition coefficient (Wildman–Crippen LogP) is -0.301. The highest BCUT2D eigenvalue weighted by atomic mass is 16.2. The molecule has 2 saturated carbocycles. The first-order chi connectivity index (χ1) is 11.5. The van der Waals surface area contributed by atoms with Crippen molar-refractivity contribution in [2.24, 2.45) is 17.6 Å². The summed E-state index contributed by atoms with van der Waals surface area (Å²) >= 11 is 0. The number of carbonyl (C=O) groups is 3. The maximum absolute atomic E-state index is 12.4. The molecule has 3 rings (SSSR count). The molecule has 1 saturated heterocycles. The molecular weight excluding hydrogens is 308 g/mol. The van der Waals surface area contributed by atoms with Crippen molar-refractivity contribution in [3.8, 4) is 0 Å². The maximum Gasteiger partial charge on any atom is 0.312 e. The SMILES string of the molecule is CCN1CCN(CC(=O)NC2C3CCCC2CC(N)C3)C(=O)C1=O. The number of hydrogen-bond donors (Lipinski definition) is 2. The maximum atomic E-state index is 12.4. The summed E-state index contributed by atoms with van der Waals surface area (Å²) in [6, 6.07) is 0.420. The highest BCUT2D eigenvalue weighted by molar-refractivity contribution is 6.35. The van der Waals surface area contributed by atoms with E-state index in [4.69, 9.17) is 5.73 Å². The minimum Gasteiger partial charge on any atom is -0.351 e. The zero-order valence-electron chi connectivity index (χ0n) is 14.4. The average molecular weight is 336 g/mol. The topological polar surface area (TPSA) is 95.7 Å². The van der Waals surface area contributed by atoms with E-state index in [2.05, 4.69) is 5.32 Å². The van der Waals surface area contributed by atoms with Gasteiger partial charge in [-0.1, -0.05) is 6.42 Å². The van der Waals surface area contributed by atoms with Crippen LogP contribution in [0.2, 0.25) is 0 Å². The highest BCUT2D eigenvalue weighted by Crippen LogP contribution is 2.39. The standard InChI is InChI=1S/C17H28N4O3/c1-2-20-6-7-21(17(24)16(20)23)10-14(22)19-15-11-4-3-5-12(15)9-13(18)8-11/h11-13,15H,2-10,18H2,1H3,(H,19,22). The Balaban J connectivity index is 1.56. The Labute approximate surface area is 142 Å². The largest absolute Gasteiger partial charge is 0.351 e. The lowest BCUT2D eigenvalue weighted by atomic mass is 9.67. The zero-order chi connectivity index (χ0) is 17.3. The van der Waals surface area contributed by atoms with E-state index in [1.165, 1.54) is 16.2 Å². The summed E-state index contributed by atoms with van der Waals surface area (Å²) in [5.41, 5.74) is 6.12. The second-order valence-corrected chi connectivity index (χ2v) is 7.39. The fourth-order valence-corrected chi connectivity index (χ4v) is 4.60. The summed E-state index contributed by atoms with van der Waals surface area (Å²) in [6.45, 7) is 3.27. The van der Waals surface area contributed by atoms with Gasteiger partial charge < -0.3 is 20.9 Å². The molecule has 134 valence electrons. The zero-order valence-corrected chi connectivity index (χ0v) is 14.4. The second kappa shape index (κ2) is 7.09. The van der Waals surface area contributed by atoms with Gasteiger partial charge in [0.1, 0.15) is 6.54 Å². The fourth-order valence-electron chi connectivity index (χ4n) is 4.60. The van der Waals surface area contributed by atoms with Crippen LogP contribution in [0.4, 0.5) is 0 Å². The summed E-state index contributed by atoms with van der Waals surface area (Å²) in [4.78, 5) is 39.3. The normalized spacial score (nSPS) is 33.6. The molecular formula is C17H28N4O3. The van der Waals surface area contributed by atoms with E-state index in [-0.39, 0.29) is 24.5 Å². The van der Waals surface area contributed by atoms with Crippen LogP contribution >= 0.6 is 0 Å². The minimum atomic E-state index is -0.566. The third-order valence-electron chi connectivity index (χ3n) is 5.82. The Hall–Kier alpha value is -1.63. The molecule has 1 heterocycles. The smallest absolute Gasteiger partial charge is 0.312 e. The average Bonchev–Trinajstić information content (AvgIpc) is 2.53. The van der Waals surface area contributed by atoms with E-state index in [1.807, 2.05) is 6.92 Å². The molecule has 0 aromatic carbocycles. The van der Waals surface area contributed by atoms with Crippen molar-refractivity contribution in [1.82, 2.24) is 15.1 Å². The van der Waals surface area contributed by atoms with E-state index in [0.717, 1.165) is 25.7 Å². The summed E-state index contributed by atoms with van der Waals surface area (Å²) < 4.78 is 0. The van der Waals surface area contributed by atoms with Crippen molar-refractivity contribution in [3.05, 3.63) is 0 Å². The van der Waals surface area contributed by atoms with E-state index in [9.17, 15) is 14.4 Å². The molecule has 3 aliphatic rings. The van der Waals surface area contributed by atoms with Gasteiger partial charge in [0, 0.05) is 31.7 Å². The van der Waals surface area contributed by atoms with Crippen LogP contribution in [-0.2, 0) is 14.4 Å². The van der Waals surface area contributed by atoms with Gasteiger partial charge in [-0.05, 0) is 44.4 Å². The van der Waals surface area contributed by atoms with Gasteiger partial charge in [-0.15, -0.1) is 0 Å². The molecule has 3 fully saturated rings. The monoisotopic (exact) mass is 336 g/mol. The molecule has 2 atom stereocenters. The van der Waals surface area contributed by atoms with Crippen LogP contribution in [0, 0.1) is 11.8 Å². The number of nitrogens with zero attached hydrogens (tertiary/aromatic N) is 2. The summed E-state index contributed by atoms with van der Waals surface area (Å²) in [5, 5.41) is 3.14. The number of amides is 3. The van der Waals surface area contributed by atoms with Crippen molar-refractivity contribution in [2.45, 2.75) is 51.1 Å². The van der Waals surface area contributed by atoms with E-state index in [1.54, 1.807) is 0 Å². The van der Waals surface area contributed by atoms with Crippen molar-refractivity contribution in [3.63, 3.8) is 0 Å². The molecule has 24 heavy (non-hydrogen) atoms. The van der Waals surface area contributed by atoms with Gasteiger partial charge >= 0.3 is 11.8 Å². The Morgan fingerprint density at radius 1 is 1.12 bits per heavy atom. The van der Waals surface area contributed by atoms with Gasteiger partial charge in [0.05, 0.1) is 0 Å². The molecule has 2 unspecified atom stereocenters. The third kappa shape index (κ3) is 3.41. The molecule has 2 aliphatic carbocycles. The van der Waals surface area contributed by atoms with Crippen LogP contribution in [0.15, 0.2) is 0 Å². The number of carbonyl (C=O) groups excluding carboxylic acids is 3. The molecule has 0 aromatic heterocycles. The number of hydrogen-bond acceptors (Lipinski definition) is 4. The number of fused-ring (bicyclic) bond motifs is 2. The predicted molar refractivity (Wildman–Crippen MR) is 88.8 cm³/mol. The van der Waals surface area contributed by atoms with Crippen LogP contribution in [0.1, 0.15) is 39.0 Å². The first kappa shape index (κ1) is 17.2. The lowest BCUT2D eigenvalue weighted by Crippen LogP contribution is -2.58. The van der Waals surface area contributed by atoms with E-state index < -0.39 is 11.8 Å². The molecule has 7 heteroatoms. The van der Waals surface area contributed by atoms with Gasteiger partial charge in [-0.2, -0.15) is 0 Å². The van der Waals surface area contributed by atoms with Crippen molar-refractivity contribution >= 4 is 17.7 Å². The summed E-state index contributed by atoms with van der Waals surface area (Å²) in [6.07, 6.45) is 5.37. The molecule has 0 aromatic rings. The minimum absolute atomic E-state index is 0.0237. The number of nitrogens with two attached hydrogens (primary N) is 1. The molecule has 3 amide bonds. The van der Waals surface area contributed by atoms with Crippen LogP contribution in [-0.4, -0.2) is 65.8 Å². The Kier molecular flexibility index (Phi) is 5.08. The van der Waals surface area contributed by atoms with E-state index in [0.29, 0.717) is 31.5 Å². The van der Waals surface area contributed by atoms with Gasteiger partial charge in [0.2, 0.25) is 5.91 Å². The number of rotatable bonds is 4. The van der Waals surface area contributed by atoms with Crippen LogP contribution in [0.3, 0.4) is 0 Å². The van der Waals surface area contributed by atoms with Crippen LogP contribution in [0.25, 0.3) is 0 Å². The van der Waals surface area contributed by atoms with Gasteiger partial charge in [-0.3, -0.25) is 14.4 Å². The third-order valence-corrected chi connectivity index (χ3v) is 5.82. The van der Waals surface area contributed by atoms with E-state index >= 15 is 0 Å². The lowest BCUT2D eigenvalue weighted by Gasteiger charge is -2.45. The number of nitrogens with one attached hydrogen (secondary N) is 1. The van der Waals surface area contributed by atoms with Gasteiger partial charge in [-0.25, -0.2) is 0 Å². The first-order valence-corrected chi connectivity index (χ1v) is 9.12. The Morgan fingerprint density at radius 2 is 1.71 bits per heavy atom. The van der Waals surface area contributed by atoms with Gasteiger partial charge in [0.25, 0.3) is 0 Å². The molecule has 3 N–H and O–H groups in total. The Morgan fingerprint density at radius 3 is 2.33 bits per heavy atom. The summed E-state index contributed by atoms with van der Waals surface area (Å²) in [5.74, 6) is -0.323. The molecule has 7 nitrogen and oxygen atoms in total. The second-order valence-electron chi connectivity index (χ2n) is 7.39. The van der Waals surface area contributed by atoms with Crippen LogP contribution in [0.5, 0.6) is 0 Å². The quantitative estimate of drug-likeness (QED) is 0.689. The van der Waals surface area contributed by atoms with Crippen molar-refractivity contribution in [1.29, 1.82) is 0 Å². The Bertz CT molecular complexity index is 510. The van der Waals surface area contributed by atoms with Crippen LogP contribution < -0.4 is 11.1 Å². The molecule has 0 spiro atoms. The molecule has 1 aliphatic heterocycles. The lowest BCUT2D eigenvalue weighted by molar-refractivity contribution is -0.156. The molecule has 0 radical (unpaired) electrons. The summed E-state index contributed by atoms with van der Waals surface area (Å²) in [7, 11) is 0. The first-order valence-electron chi connectivity index (χ1n) is 9.12. The number of likely N-dealkylation sites (N-methyl/N-ethyl adjacent to an activating group) is 1. The fraction of sp³-hybridized carbons (Fsp3) is 0.824. The van der Waals surface area contributed by atoms with Crippen molar-refractivity contribution < 1.29 is 14.4 Å². The highest BCUT2D eigenvalue weighted by Gasteiger charge is 2.40.